The van der Waals surface area contributed by atoms with Gasteiger partial charge < -0.3 is 24.6 Å². The van der Waals surface area contributed by atoms with Crippen LogP contribution in [0.1, 0.15) is 22.8 Å². The smallest absolute Gasteiger partial charge is 0.255 e. The Balaban J connectivity index is 1.44. The monoisotopic (exact) mass is 412 g/mol. The van der Waals surface area contributed by atoms with Gasteiger partial charge in [-0.1, -0.05) is 12.1 Å². The molecule has 0 aliphatic carbocycles. The van der Waals surface area contributed by atoms with Crippen molar-refractivity contribution in [1.82, 2.24) is 10.2 Å². The van der Waals surface area contributed by atoms with Crippen LogP contribution in [-0.4, -0.2) is 63.2 Å². The highest BCUT2D eigenvalue weighted by molar-refractivity contribution is 5.98. The molecule has 7 nitrogen and oxygen atoms in total. The molecule has 30 heavy (non-hydrogen) atoms. The lowest BCUT2D eigenvalue weighted by molar-refractivity contribution is -0.917. The molecule has 2 N–H and O–H groups in total. The molecular formula is C23H30N3O4+. The second-order valence-corrected chi connectivity index (χ2v) is 7.27. The normalized spacial score (nSPS) is 14.3. The van der Waals surface area contributed by atoms with Gasteiger partial charge in [-0.05, 0) is 43.3 Å². The van der Waals surface area contributed by atoms with E-state index in [0.29, 0.717) is 31.0 Å². The third-order valence-electron chi connectivity index (χ3n) is 5.27. The number of quaternary nitrogens is 1. The Labute approximate surface area is 177 Å². The van der Waals surface area contributed by atoms with Gasteiger partial charge in [0.05, 0.1) is 52.0 Å². The molecule has 1 aliphatic rings. The number of nitrogens with zero attached hydrogens (tertiary/aromatic N) is 1. The summed E-state index contributed by atoms with van der Waals surface area (Å²) in [7, 11) is 1.66. The van der Waals surface area contributed by atoms with Crippen LogP contribution in [0.15, 0.2) is 48.5 Å². The number of benzene rings is 2. The summed E-state index contributed by atoms with van der Waals surface area (Å²) in [5.41, 5.74) is 1.70. The first-order valence-corrected chi connectivity index (χ1v) is 10.3. The molecule has 3 rings (SSSR count). The highest BCUT2D eigenvalue weighted by atomic mass is 16.5. The summed E-state index contributed by atoms with van der Waals surface area (Å²) in [4.78, 5) is 28.3. The Hall–Kier alpha value is -3.06. The minimum absolute atomic E-state index is 0.00684. The fraction of sp³-hybridized carbons (Fsp3) is 0.391. The number of methoxy groups -OCH3 is 1. The van der Waals surface area contributed by atoms with Gasteiger partial charge in [0.25, 0.3) is 5.91 Å². The number of nitrogens with one attached hydrogen (secondary N) is 2. The van der Waals surface area contributed by atoms with E-state index in [-0.39, 0.29) is 18.4 Å². The van der Waals surface area contributed by atoms with Crippen LogP contribution in [0.2, 0.25) is 0 Å². The molecule has 0 aromatic heterocycles. The highest BCUT2D eigenvalue weighted by Gasteiger charge is 2.24. The maximum Gasteiger partial charge on any atom is 0.255 e. The van der Waals surface area contributed by atoms with E-state index in [2.05, 4.69) is 17.4 Å². The van der Waals surface area contributed by atoms with E-state index in [1.165, 1.54) is 10.5 Å². The van der Waals surface area contributed by atoms with Gasteiger partial charge in [0.15, 0.2) is 0 Å². The first-order chi connectivity index (χ1) is 14.6. The molecule has 1 fully saturated rings. The maximum atomic E-state index is 12.5. The van der Waals surface area contributed by atoms with Gasteiger partial charge in [0.1, 0.15) is 18.0 Å². The highest BCUT2D eigenvalue weighted by Crippen LogP contribution is 2.17. The van der Waals surface area contributed by atoms with Crippen LogP contribution in [0.3, 0.4) is 0 Å². The predicted molar refractivity (Wildman–Crippen MR) is 114 cm³/mol. The summed E-state index contributed by atoms with van der Waals surface area (Å²) in [5, 5.41) is 2.73. The SMILES string of the molecule is CCOc1ccccc1C(=O)NCC(=O)N1CC[NH+](Cc2ccc(OC)cc2)CC1. The van der Waals surface area contributed by atoms with E-state index in [4.69, 9.17) is 9.47 Å². The van der Waals surface area contributed by atoms with Crippen LogP contribution in [0.4, 0.5) is 0 Å². The van der Waals surface area contributed by atoms with E-state index in [1.807, 2.05) is 30.0 Å². The first kappa shape index (κ1) is 21.6. The molecule has 2 amide bonds. The van der Waals surface area contributed by atoms with Crippen LogP contribution in [-0.2, 0) is 11.3 Å². The maximum absolute atomic E-state index is 12.5. The largest absolute Gasteiger partial charge is 0.497 e. The number of carbonyl (C=O) groups excluding carboxylic acids is 2. The van der Waals surface area contributed by atoms with Crippen molar-refractivity contribution >= 4 is 11.8 Å². The van der Waals surface area contributed by atoms with Crippen LogP contribution >= 0.6 is 0 Å². The molecule has 0 unspecified atom stereocenters. The first-order valence-electron chi connectivity index (χ1n) is 10.3. The molecule has 2 aromatic carbocycles. The molecule has 1 saturated heterocycles. The van der Waals surface area contributed by atoms with Gasteiger partial charge in [-0.25, -0.2) is 0 Å². The number of amides is 2. The molecule has 0 saturated carbocycles. The number of hydrogen-bond acceptors (Lipinski definition) is 4. The average molecular weight is 413 g/mol. The van der Waals surface area contributed by atoms with Gasteiger partial charge in [0, 0.05) is 5.56 Å². The summed E-state index contributed by atoms with van der Waals surface area (Å²) in [6.07, 6.45) is 0. The predicted octanol–water partition coefficient (Wildman–Crippen LogP) is 0.751. The van der Waals surface area contributed by atoms with Crippen LogP contribution in [0.5, 0.6) is 11.5 Å². The number of piperazine rings is 1. The minimum Gasteiger partial charge on any atom is -0.497 e. The molecule has 0 atom stereocenters. The number of carbonyl (C=O) groups is 2. The zero-order chi connectivity index (χ0) is 21.3. The Morgan fingerprint density at radius 2 is 1.77 bits per heavy atom. The van der Waals surface area contributed by atoms with Crippen LogP contribution in [0, 0.1) is 0 Å². The van der Waals surface area contributed by atoms with Crippen molar-refractivity contribution in [2.75, 3.05) is 46.4 Å². The Bertz CT molecular complexity index is 846. The molecule has 0 radical (unpaired) electrons. The topological polar surface area (TPSA) is 72.3 Å². The number of hydrogen-bond donors (Lipinski definition) is 2. The third kappa shape index (κ3) is 5.73. The summed E-state index contributed by atoms with van der Waals surface area (Å²) in [6, 6.07) is 15.2. The third-order valence-corrected chi connectivity index (χ3v) is 5.27. The second-order valence-electron chi connectivity index (χ2n) is 7.27. The number of para-hydroxylation sites is 1. The summed E-state index contributed by atoms with van der Waals surface area (Å²) in [6.45, 7) is 6.42. The number of rotatable bonds is 8. The molecule has 160 valence electrons. The lowest BCUT2D eigenvalue weighted by atomic mass is 10.2. The van der Waals surface area contributed by atoms with E-state index >= 15 is 0 Å². The van der Waals surface area contributed by atoms with Crippen molar-refractivity contribution in [1.29, 1.82) is 0 Å². The van der Waals surface area contributed by atoms with Crippen molar-refractivity contribution in [2.45, 2.75) is 13.5 Å². The van der Waals surface area contributed by atoms with Crippen LogP contribution in [0.25, 0.3) is 0 Å². The molecule has 1 aliphatic heterocycles. The molecular weight excluding hydrogens is 382 g/mol. The second kappa shape index (κ2) is 10.6. The fourth-order valence-electron chi connectivity index (χ4n) is 3.58. The van der Waals surface area contributed by atoms with E-state index in [1.54, 1.807) is 25.3 Å². The van der Waals surface area contributed by atoms with Crippen molar-refractivity contribution in [3.63, 3.8) is 0 Å². The van der Waals surface area contributed by atoms with E-state index in [9.17, 15) is 9.59 Å². The van der Waals surface area contributed by atoms with Crippen molar-refractivity contribution in [3.8, 4) is 11.5 Å². The van der Waals surface area contributed by atoms with Crippen molar-refractivity contribution in [2.24, 2.45) is 0 Å². The van der Waals surface area contributed by atoms with Gasteiger partial charge in [-0.15, -0.1) is 0 Å². The van der Waals surface area contributed by atoms with E-state index in [0.717, 1.165) is 25.4 Å². The van der Waals surface area contributed by atoms with Gasteiger partial charge in [-0.3, -0.25) is 9.59 Å². The Morgan fingerprint density at radius 3 is 2.43 bits per heavy atom. The zero-order valence-corrected chi connectivity index (χ0v) is 17.6. The zero-order valence-electron chi connectivity index (χ0n) is 17.6. The van der Waals surface area contributed by atoms with Gasteiger partial charge in [0.2, 0.25) is 5.91 Å². The van der Waals surface area contributed by atoms with Crippen molar-refractivity contribution < 1.29 is 24.0 Å². The van der Waals surface area contributed by atoms with Gasteiger partial charge in [-0.2, -0.15) is 0 Å². The average Bonchev–Trinajstić information content (AvgIpc) is 2.79. The van der Waals surface area contributed by atoms with Crippen LogP contribution < -0.4 is 19.7 Å². The standard InChI is InChI=1S/C23H29N3O4/c1-3-30-21-7-5-4-6-20(21)23(28)24-16-22(27)26-14-12-25(13-15-26)17-18-8-10-19(29-2)11-9-18/h4-11H,3,12-17H2,1-2H3,(H,24,28)/p+1. The van der Waals surface area contributed by atoms with E-state index < -0.39 is 0 Å². The summed E-state index contributed by atoms with van der Waals surface area (Å²) in [5.74, 6) is 1.03. The molecule has 0 bridgehead atoms. The lowest BCUT2D eigenvalue weighted by Gasteiger charge is -2.32. The summed E-state index contributed by atoms with van der Waals surface area (Å²) < 4.78 is 10.7. The molecule has 1 heterocycles. The summed E-state index contributed by atoms with van der Waals surface area (Å²) >= 11 is 0. The number of ether oxygens (including phenoxy) is 2. The fourth-order valence-corrected chi connectivity index (χ4v) is 3.58. The van der Waals surface area contributed by atoms with Crippen molar-refractivity contribution in [3.05, 3.63) is 59.7 Å². The molecule has 7 heteroatoms. The minimum atomic E-state index is -0.295. The van der Waals surface area contributed by atoms with Gasteiger partial charge >= 0.3 is 0 Å². The molecule has 0 spiro atoms. The lowest BCUT2D eigenvalue weighted by Crippen LogP contribution is -3.13. The Kier molecular flexibility index (Phi) is 7.68. The Morgan fingerprint density at radius 1 is 1.07 bits per heavy atom. The molecule has 2 aromatic rings. The quantitative estimate of drug-likeness (QED) is 0.671.